The second kappa shape index (κ2) is 8.96. The highest BCUT2D eigenvalue weighted by molar-refractivity contribution is 5.11. The number of fused-ring (bicyclic) bond motifs is 2. The van der Waals surface area contributed by atoms with Crippen LogP contribution >= 0.6 is 0 Å². The largest absolute Gasteiger partial charge is 0.391 e. The van der Waals surface area contributed by atoms with Crippen LogP contribution in [0.15, 0.2) is 18.3 Å². The molecule has 1 aliphatic carbocycles. The summed E-state index contributed by atoms with van der Waals surface area (Å²) >= 11 is 0. The zero-order chi connectivity index (χ0) is 23.3. The molecule has 0 spiro atoms. The number of aliphatic hydroxyl groups is 4. The molecule has 0 amide bonds. The van der Waals surface area contributed by atoms with E-state index in [2.05, 4.69) is 5.32 Å². The topological polar surface area (TPSA) is 126 Å². The number of nitrogens with zero attached hydrogens (tertiary/aromatic N) is 1. The lowest BCUT2D eigenvalue weighted by Crippen LogP contribution is -2.78. The van der Waals surface area contributed by atoms with Crippen molar-refractivity contribution < 1.29 is 34.6 Å². The fraction of sp³-hybridized carbons (Fsp3) is 0.826. The molecule has 1 aromatic rings. The van der Waals surface area contributed by atoms with Gasteiger partial charge in [0.15, 0.2) is 0 Å². The van der Waals surface area contributed by atoms with E-state index in [0.29, 0.717) is 12.8 Å². The molecule has 2 aliphatic heterocycles. The highest BCUT2D eigenvalue weighted by Crippen LogP contribution is 2.49. The molecule has 0 radical (unpaired) electrons. The Morgan fingerprint density at radius 3 is 2.56 bits per heavy atom. The molecule has 3 heterocycles. The SMILES string of the molecule is CC[C@@H]1[C@H](O)[C@H](NC)C2O[C@]3(O)C(OC2[C@H]1O)O[C@H](C)C[C@@]3(O)CCCc1cccn1C. The Balaban J connectivity index is 1.58. The quantitative estimate of drug-likeness (QED) is 0.408. The number of hydrogen-bond donors (Lipinski definition) is 5. The number of aryl methyl sites for hydroxylation is 2. The van der Waals surface area contributed by atoms with Crippen LogP contribution in [0.1, 0.15) is 45.2 Å². The standard InChI is InChI=1S/C23H38N2O7/c1-5-15-17(26)16(24-3)19-20(18(15)27)31-21-23(29,32-19)22(28,12-13(2)30-21)10-6-8-14-9-7-11-25(14)4/h7,9,11,13,15-21,24,26-29H,5-6,8,10,12H2,1-4H3/t13-,15-,16+,17+,18+,19?,20?,21?,22+,23-/m1/s1. The van der Waals surface area contributed by atoms with Gasteiger partial charge in [-0.05, 0) is 51.8 Å². The highest BCUT2D eigenvalue weighted by Gasteiger charge is 2.68. The molecule has 3 unspecified atom stereocenters. The summed E-state index contributed by atoms with van der Waals surface area (Å²) < 4.78 is 20.2. The predicted octanol–water partition coefficient (Wildman–Crippen LogP) is 0.0360. The molecular weight excluding hydrogens is 416 g/mol. The van der Waals surface area contributed by atoms with Crippen LogP contribution in [-0.2, 0) is 27.7 Å². The average molecular weight is 455 g/mol. The normalized spacial score (nSPS) is 46.5. The summed E-state index contributed by atoms with van der Waals surface area (Å²) in [4.78, 5) is 0. The molecule has 0 aromatic carbocycles. The Bertz CT molecular complexity index is 790. The van der Waals surface area contributed by atoms with E-state index in [1.807, 2.05) is 43.8 Å². The van der Waals surface area contributed by atoms with Gasteiger partial charge in [0.25, 0.3) is 0 Å². The van der Waals surface area contributed by atoms with Gasteiger partial charge in [-0.25, -0.2) is 0 Å². The van der Waals surface area contributed by atoms with Crippen LogP contribution in [0, 0.1) is 5.92 Å². The van der Waals surface area contributed by atoms with E-state index in [4.69, 9.17) is 14.2 Å². The minimum Gasteiger partial charge on any atom is -0.391 e. The first-order valence-electron chi connectivity index (χ1n) is 11.7. The third-order valence-electron chi connectivity index (χ3n) is 7.70. The van der Waals surface area contributed by atoms with E-state index in [1.165, 1.54) is 0 Å². The smallest absolute Gasteiger partial charge is 0.248 e. The predicted molar refractivity (Wildman–Crippen MR) is 116 cm³/mol. The number of ether oxygens (including phenoxy) is 3. The summed E-state index contributed by atoms with van der Waals surface area (Å²) in [5.41, 5.74) is -0.473. The van der Waals surface area contributed by atoms with Crippen LogP contribution in [0.25, 0.3) is 0 Å². The van der Waals surface area contributed by atoms with Gasteiger partial charge in [0.1, 0.15) is 17.8 Å². The van der Waals surface area contributed by atoms with Gasteiger partial charge in [0.05, 0.1) is 24.4 Å². The fourth-order valence-electron chi connectivity index (χ4n) is 5.85. The van der Waals surface area contributed by atoms with Gasteiger partial charge >= 0.3 is 0 Å². The Morgan fingerprint density at radius 1 is 1.19 bits per heavy atom. The Kier molecular flexibility index (Phi) is 6.75. The molecule has 9 heteroatoms. The highest BCUT2D eigenvalue weighted by atomic mass is 16.8. The number of likely N-dealkylation sites (N-methyl/N-ethyl adjacent to an activating group) is 1. The van der Waals surface area contributed by atoms with Crippen molar-refractivity contribution in [3.8, 4) is 0 Å². The van der Waals surface area contributed by atoms with E-state index in [0.717, 1.165) is 12.1 Å². The van der Waals surface area contributed by atoms with Crippen molar-refractivity contribution in [3.05, 3.63) is 24.0 Å². The van der Waals surface area contributed by atoms with Crippen molar-refractivity contribution in [2.24, 2.45) is 13.0 Å². The van der Waals surface area contributed by atoms with Crippen LogP contribution in [0.3, 0.4) is 0 Å². The van der Waals surface area contributed by atoms with E-state index < -0.39 is 54.1 Å². The van der Waals surface area contributed by atoms with E-state index in [1.54, 1.807) is 7.05 Å². The van der Waals surface area contributed by atoms with Crippen LogP contribution in [-0.4, -0.2) is 86.3 Å². The summed E-state index contributed by atoms with van der Waals surface area (Å²) in [7, 11) is 3.67. The van der Waals surface area contributed by atoms with Crippen molar-refractivity contribution in [2.45, 2.75) is 100 Å². The molecule has 32 heavy (non-hydrogen) atoms. The van der Waals surface area contributed by atoms with Gasteiger partial charge in [-0.2, -0.15) is 0 Å². The number of rotatable bonds is 6. The average Bonchev–Trinajstić information content (AvgIpc) is 3.14. The van der Waals surface area contributed by atoms with Gasteiger partial charge in [-0.1, -0.05) is 6.92 Å². The second-order valence-electron chi connectivity index (χ2n) is 9.73. The van der Waals surface area contributed by atoms with Crippen molar-refractivity contribution in [1.82, 2.24) is 9.88 Å². The van der Waals surface area contributed by atoms with Crippen molar-refractivity contribution in [1.29, 1.82) is 0 Å². The summed E-state index contributed by atoms with van der Waals surface area (Å²) in [5, 5.41) is 48.1. The molecule has 1 saturated carbocycles. The lowest BCUT2D eigenvalue weighted by atomic mass is 9.73. The number of aliphatic hydroxyl groups excluding tert-OH is 2. The van der Waals surface area contributed by atoms with E-state index in [9.17, 15) is 20.4 Å². The lowest BCUT2D eigenvalue weighted by Gasteiger charge is -2.60. The molecule has 1 aromatic heterocycles. The maximum atomic E-state index is 11.7. The molecular formula is C23H38N2O7. The maximum absolute atomic E-state index is 11.7. The maximum Gasteiger partial charge on any atom is 0.248 e. The van der Waals surface area contributed by atoms with Crippen LogP contribution < -0.4 is 5.32 Å². The fourth-order valence-corrected chi connectivity index (χ4v) is 5.85. The van der Waals surface area contributed by atoms with Crippen LogP contribution in [0.5, 0.6) is 0 Å². The molecule has 0 bridgehead atoms. The third-order valence-corrected chi connectivity index (χ3v) is 7.70. The lowest BCUT2D eigenvalue weighted by molar-refractivity contribution is -0.485. The zero-order valence-corrected chi connectivity index (χ0v) is 19.3. The van der Waals surface area contributed by atoms with Crippen molar-refractivity contribution in [3.63, 3.8) is 0 Å². The third kappa shape index (κ3) is 3.82. The van der Waals surface area contributed by atoms with Crippen LogP contribution in [0.2, 0.25) is 0 Å². The second-order valence-corrected chi connectivity index (χ2v) is 9.73. The Hall–Kier alpha value is -1.04. The summed E-state index contributed by atoms with van der Waals surface area (Å²) in [6, 6.07) is 3.43. The molecule has 3 aliphatic rings. The summed E-state index contributed by atoms with van der Waals surface area (Å²) in [6.45, 7) is 3.72. The van der Waals surface area contributed by atoms with E-state index >= 15 is 0 Å². The van der Waals surface area contributed by atoms with Gasteiger partial charge in [0.2, 0.25) is 12.1 Å². The first-order valence-corrected chi connectivity index (χ1v) is 11.7. The zero-order valence-electron chi connectivity index (χ0n) is 19.3. The first-order chi connectivity index (χ1) is 15.1. The van der Waals surface area contributed by atoms with Gasteiger partial charge in [-0.15, -0.1) is 0 Å². The van der Waals surface area contributed by atoms with Crippen molar-refractivity contribution >= 4 is 0 Å². The number of aromatic nitrogens is 1. The first kappa shape index (κ1) is 24.1. The van der Waals surface area contributed by atoms with Gasteiger partial charge in [0, 0.05) is 31.3 Å². The minimum absolute atomic E-state index is 0.181. The molecule has 9 nitrogen and oxygen atoms in total. The number of hydrogen-bond acceptors (Lipinski definition) is 8. The van der Waals surface area contributed by atoms with Gasteiger partial charge < -0.3 is 44.5 Å². The van der Waals surface area contributed by atoms with Gasteiger partial charge in [-0.3, -0.25) is 0 Å². The molecule has 182 valence electrons. The Labute approximate surface area is 189 Å². The number of nitrogens with one attached hydrogen (secondary N) is 1. The van der Waals surface area contributed by atoms with Crippen LogP contribution in [0.4, 0.5) is 0 Å². The Morgan fingerprint density at radius 2 is 1.94 bits per heavy atom. The molecule has 10 atom stereocenters. The van der Waals surface area contributed by atoms with Crippen molar-refractivity contribution in [2.75, 3.05) is 7.05 Å². The summed E-state index contributed by atoms with van der Waals surface area (Å²) in [6.07, 6.45) is -0.774. The minimum atomic E-state index is -2.12. The summed E-state index contributed by atoms with van der Waals surface area (Å²) in [5.74, 6) is -2.53. The molecule has 5 N–H and O–H groups in total. The molecule has 3 fully saturated rings. The molecule has 2 saturated heterocycles. The molecule has 4 rings (SSSR count). The monoisotopic (exact) mass is 454 g/mol. The van der Waals surface area contributed by atoms with E-state index in [-0.39, 0.29) is 18.9 Å².